The SMILES string of the molecule is COc1ccc(C(C)Cc2ccccn2)cc1OC1CCCC1. The Labute approximate surface area is 138 Å². The van der Waals surface area contributed by atoms with Gasteiger partial charge in [0.15, 0.2) is 11.5 Å². The normalized spacial score (nSPS) is 16.3. The van der Waals surface area contributed by atoms with Crippen LogP contribution in [0.4, 0.5) is 0 Å². The number of pyridine rings is 1. The average Bonchev–Trinajstić information content (AvgIpc) is 3.09. The largest absolute Gasteiger partial charge is 0.493 e. The molecule has 1 saturated carbocycles. The van der Waals surface area contributed by atoms with Crippen molar-refractivity contribution in [3.8, 4) is 11.5 Å². The highest BCUT2D eigenvalue weighted by Gasteiger charge is 2.19. The van der Waals surface area contributed by atoms with E-state index >= 15 is 0 Å². The lowest BCUT2D eigenvalue weighted by Gasteiger charge is -2.19. The van der Waals surface area contributed by atoms with Crippen LogP contribution in [-0.2, 0) is 6.42 Å². The van der Waals surface area contributed by atoms with Crippen molar-refractivity contribution in [1.82, 2.24) is 4.98 Å². The molecule has 1 heterocycles. The van der Waals surface area contributed by atoms with Gasteiger partial charge in [0.25, 0.3) is 0 Å². The van der Waals surface area contributed by atoms with Gasteiger partial charge in [-0.25, -0.2) is 0 Å². The van der Waals surface area contributed by atoms with Gasteiger partial charge in [-0.05, 0) is 67.9 Å². The molecule has 122 valence electrons. The van der Waals surface area contributed by atoms with Crippen LogP contribution in [0, 0.1) is 0 Å². The van der Waals surface area contributed by atoms with E-state index in [2.05, 4.69) is 30.1 Å². The summed E-state index contributed by atoms with van der Waals surface area (Å²) in [5, 5.41) is 0. The smallest absolute Gasteiger partial charge is 0.161 e. The molecule has 2 aromatic rings. The van der Waals surface area contributed by atoms with Crippen molar-refractivity contribution in [3.63, 3.8) is 0 Å². The number of nitrogens with zero attached hydrogens (tertiary/aromatic N) is 1. The summed E-state index contributed by atoms with van der Waals surface area (Å²) in [5.74, 6) is 2.09. The van der Waals surface area contributed by atoms with E-state index < -0.39 is 0 Å². The average molecular weight is 311 g/mol. The van der Waals surface area contributed by atoms with Gasteiger partial charge in [-0.15, -0.1) is 0 Å². The molecule has 1 atom stereocenters. The molecule has 0 N–H and O–H groups in total. The number of rotatable bonds is 6. The van der Waals surface area contributed by atoms with E-state index in [-0.39, 0.29) is 0 Å². The third-order valence-corrected chi connectivity index (χ3v) is 4.59. The monoisotopic (exact) mass is 311 g/mol. The van der Waals surface area contributed by atoms with E-state index in [0.717, 1.165) is 36.5 Å². The lowest BCUT2D eigenvalue weighted by molar-refractivity contribution is 0.200. The second kappa shape index (κ2) is 7.49. The van der Waals surface area contributed by atoms with E-state index in [1.54, 1.807) is 7.11 Å². The molecule has 1 fully saturated rings. The minimum absolute atomic E-state index is 0.338. The summed E-state index contributed by atoms with van der Waals surface area (Å²) < 4.78 is 11.7. The molecule has 0 spiro atoms. The van der Waals surface area contributed by atoms with Gasteiger partial charge in [-0.2, -0.15) is 0 Å². The molecular formula is C20H25NO2. The molecule has 23 heavy (non-hydrogen) atoms. The molecular weight excluding hydrogens is 286 g/mol. The van der Waals surface area contributed by atoms with E-state index in [4.69, 9.17) is 9.47 Å². The van der Waals surface area contributed by atoms with Gasteiger partial charge in [-0.3, -0.25) is 4.98 Å². The van der Waals surface area contributed by atoms with Gasteiger partial charge >= 0.3 is 0 Å². The first-order valence-electron chi connectivity index (χ1n) is 8.51. The molecule has 1 aromatic carbocycles. The summed E-state index contributed by atoms with van der Waals surface area (Å²) in [7, 11) is 1.70. The topological polar surface area (TPSA) is 31.4 Å². The molecule has 0 radical (unpaired) electrons. The Morgan fingerprint density at radius 2 is 1.96 bits per heavy atom. The molecule has 1 aliphatic carbocycles. The number of methoxy groups -OCH3 is 1. The maximum absolute atomic E-state index is 6.20. The third kappa shape index (κ3) is 4.04. The number of hydrogen-bond donors (Lipinski definition) is 0. The molecule has 1 aromatic heterocycles. The minimum Gasteiger partial charge on any atom is -0.493 e. The van der Waals surface area contributed by atoms with Crippen LogP contribution in [0.2, 0.25) is 0 Å². The van der Waals surface area contributed by atoms with Crippen molar-refractivity contribution in [2.75, 3.05) is 7.11 Å². The highest BCUT2D eigenvalue weighted by Crippen LogP contribution is 2.34. The Bertz CT molecular complexity index is 621. The van der Waals surface area contributed by atoms with Crippen LogP contribution < -0.4 is 9.47 Å². The van der Waals surface area contributed by atoms with Gasteiger partial charge in [0, 0.05) is 11.9 Å². The maximum Gasteiger partial charge on any atom is 0.161 e. The molecule has 3 heteroatoms. The van der Waals surface area contributed by atoms with Crippen molar-refractivity contribution < 1.29 is 9.47 Å². The Kier molecular flexibility index (Phi) is 5.16. The van der Waals surface area contributed by atoms with Crippen LogP contribution in [0.1, 0.15) is 49.8 Å². The second-order valence-corrected chi connectivity index (χ2v) is 6.36. The summed E-state index contributed by atoms with van der Waals surface area (Å²) >= 11 is 0. The highest BCUT2D eigenvalue weighted by atomic mass is 16.5. The van der Waals surface area contributed by atoms with E-state index in [0.29, 0.717) is 12.0 Å². The molecule has 0 aliphatic heterocycles. The van der Waals surface area contributed by atoms with Gasteiger partial charge < -0.3 is 9.47 Å². The van der Waals surface area contributed by atoms with E-state index in [9.17, 15) is 0 Å². The van der Waals surface area contributed by atoms with Gasteiger partial charge in [-0.1, -0.05) is 19.1 Å². The Hall–Kier alpha value is -2.03. The van der Waals surface area contributed by atoms with Crippen LogP contribution in [0.25, 0.3) is 0 Å². The first kappa shape index (κ1) is 15.9. The molecule has 3 nitrogen and oxygen atoms in total. The summed E-state index contributed by atoms with van der Waals surface area (Å²) in [5.41, 5.74) is 2.39. The number of ether oxygens (including phenoxy) is 2. The second-order valence-electron chi connectivity index (χ2n) is 6.36. The standard InChI is InChI=1S/C20H25NO2/c1-15(13-17-7-5-6-12-21-17)16-10-11-19(22-2)20(14-16)23-18-8-3-4-9-18/h5-7,10-12,14-15,18H,3-4,8-9,13H2,1-2H3. The van der Waals surface area contributed by atoms with Crippen LogP contribution in [-0.4, -0.2) is 18.2 Å². The third-order valence-electron chi connectivity index (χ3n) is 4.59. The molecule has 1 unspecified atom stereocenters. The maximum atomic E-state index is 6.20. The summed E-state index contributed by atoms with van der Waals surface area (Å²) in [6.07, 6.45) is 7.95. The Morgan fingerprint density at radius 1 is 1.13 bits per heavy atom. The molecule has 1 aliphatic rings. The Balaban J connectivity index is 1.76. The van der Waals surface area contributed by atoms with E-state index in [1.807, 2.05) is 24.4 Å². The predicted molar refractivity (Wildman–Crippen MR) is 92.2 cm³/mol. The predicted octanol–water partition coefficient (Wildman–Crippen LogP) is 4.76. The lowest BCUT2D eigenvalue weighted by atomic mass is 9.95. The Morgan fingerprint density at radius 3 is 2.65 bits per heavy atom. The van der Waals surface area contributed by atoms with Crippen LogP contribution in [0.15, 0.2) is 42.6 Å². The van der Waals surface area contributed by atoms with Crippen molar-refractivity contribution in [3.05, 3.63) is 53.9 Å². The molecule has 0 bridgehead atoms. The van der Waals surface area contributed by atoms with Crippen molar-refractivity contribution >= 4 is 0 Å². The van der Waals surface area contributed by atoms with Crippen LogP contribution >= 0.6 is 0 Å². The van der Waals surface area contributed by atoms with Gasteiger partial charge in [0.05, 0.1) is 13.2 Å². The first-order chi connectivity index (χ1) is 11.3. The fourth-order valence-corrected chi connectivity index (χ4v) is 3.23. The van der Waals surface area contributed by atoms with Gasteiger partial charge in [0.1, 0.15) is 0 Å². The van der Waals surface area contributed by atoms with Crippen LogP contribution in [0.3, 0.4) is 0 Å². The lowest BCUT2D eigenvalue weighted by Crippen LogP contribution is -2.12. The highest BCUT2D eigenvalue weighted by molar-refractivity contribution is 5.44. The number of aromatic nitrogens is 1. The fourth-order valence-electron chi connectivity index (χ4n) is 3.23. The number of benzene rings is 1. The van der Waals surface area contributed by atoms with Crippen molar-refractivity contribution in [1.29, 1.82) is 0 Å². The molecule has 0 saturated heterocycles. The molecule has 0 amide bonds. The molecule has 3 rings (SSSR count). The van der Waals surface area contributed by atoms with Crippen LogP contribution in [0.5, 0.6) is 11.5 Å². The minimum atomic E-state index is 0.338. The zero-order valence-corrected chi connectivity index (χ0v) is 14.0. The summed E-state index contributed by atoms with van der Waals surface area (Å²) in [6, 6.07) is 12.4. The number of hydrogen-bond acceptors (Lipinski definition) is 3. The fraction of sp³-hybridized carbons (Fsp3) is 0.450. The summed E-state index contributed by atoms with van der Waals surface area (Å²) in [6.45, 7) is 2.23. The quantitative estimate of drug-likeness (QED) is 0.771. The zero-order valence-electron chi connectivity index (χ0n) is 14.0. The zero-order chi connectivity index (χ0) is 16.1. The van der Waals surface area contributed by atoms with Crippen molar-refractivity contribution in [2.45, 2.75) is 51.0 Å². The first-order valence-corrected chi connectivity index (χ1v) is 8.51. The van der Waals surface area contributed by atoms with Crippen molar-refractivity contribution in [2.24, 2.45) is 0 Å². The summed E-state index contributed by atoms with van der Waals surface area (Å²) in [4.78, 5) is 4.43. The van der Waals surface area contributed by atoms with Gasteiger partial charge in [0.2, 0.25) is 0 Å². The van der Waals surface area contributed by atoms with E-state index in [1.165, 1.54) is 18.4 Å².